The van der Waals surface area contributed by atoms with Crippen molar-refractivity contribution >= 4 is 17.2 Å². The second kappa shape index (κ2) is 9.19. The van der Waals surface area contributed by atoms with Gasteiger partial charge in [-0.15, -0.1) is 11.3 Å². The predicted octanol–water partition coefficient (Wildman–Crippen LogP) is 2.48. The number of hydrogen-bond acceptors (Lipinski definition) is 6. The number of H-pyrrole nitrogens is 1. The van der Waals surface area contributed by atoms with E-state index in [0.29, 0.717) is 38.4 Å². The Morgan fingerprint density at radius 1 is 1.38 bits per heavy atom. The molecule has 7 nitrogen and oxygen atoms in total. The van der Waals surface area contributed by atoms with Crippen LogP contribution in [0.1, 0.15) is 53.7 Å². The Bertz CT molecular complexity index is 896. The van der Waals surface area contributed by atoms with Gasteiger partial charge >= 0.3 is 0 Å². The molecule has 156 valence electrons. The number of fused-ring (bicyclic) bond motifs is 1. The summed E-state index contributed by atoms with van der Waals surface area (Å²) in [5.41, 5.74) is 1.61. The van der Waals surface area contributed by atoms with Crippen molar-refractivity contribution in [3.8, 4) is 0 Å². The molecule has 1 fully saturated rings. The quantitative estimate of drug-likeness (QED) is 0.783. The van der Waals surface area contributed by atoms with Gasteiger partial charge in [0.15, 0.2) is 0 Å². The van der Waals surface area contributed by atoms with Crippen LogP contribution in [0.5, 0.6) is 0 Å². The molecular formula is C21H28N4O3S. The van der Waals surface area contributed by atoms with E-state index in [1.165, 1.54) is 4.88 Å². The fraction of sp³-hybridized carbons (Fsp3) is 0.571. The van der Waals surface area contributed by atoms with E-state index in [0.717, 1.165) is 43.6 Å². The first kappa shape index (κ1) is 20.3. The van der Waals surface area contributed by atoms with Gasteiger partial charge in [0.05, 0.1) is 24.8 Å². The van der Waals surface area contributed by atoms with Gasteiger partial charge in [-0.3, -0.25) is 14.5 Å². The Balaban J connectivity index is 1.56. The molecule has 1 saturated heterocycles. The number of amides is 1. The van der Waals surface area contributed by atoms with Gasteiger partial charge in [0.2, 0.25) is 5.91 Å². The standard InChI is InChI=1S/C21H28N4O3S/c1-28-11-8-19(26)25-9-3-2-6-18(25)20-22-17-14-24(13-15-5-4-12-29-15)10-7-16(17)21(27)23-20/h4-5,12,18H,2-3,6-11,13-14H2,1H3,(H,22,23,27)/t18-/m1/s1. The van der Waals surface area contributed by atoms with Gasteiger partial charge < -0.3 is 14.6 Å². The van der Waals surface area contributed by atoms with Crippen LogP contribution in [0.15, 0.2) is 22.3 Å². The molecule has 0 bridgehead atoms. The average Bonchev–Trinajstić information content (AvgIpc) is 3.24. The first-order valence-electron chi connectivity index (χ1n) is 10.3. The largest absolute Gasteiger partial charge is 0.384 e. The number of aromatic nitrogens is 2. The summed E-state index contributed by atoms with van der Waals surface area (Å²) >= 11 is 1.75. The van der Waals surface area contributed by atoms with Gasteiger partial charge in [-0.1, -0.05) is 6.07 Å². The SMILES string of the molecule is COCCC(=O)N1CCCC[C@@H]1c1nc2c(c(=O)[nH]1)CCN(Cc1cccs1)C2. The third kappa shape index (κ3) is 4.60. The van der Waals surface area contributed by atoms with Crippen LogP contribution in [0.4, 0.5) is 0 Å². The lowest BCUT2D eigenvalue weighted by molar-refractivity contribution is -0.136. The van der Waals surface area contributed by atoms with E-state index < -0.39 is 0 Å². The number of carbonyl (C=O) groups excluding carboxylic acids is 1. The van der Waals surface area contributed by atoms with Crippen LogP contribution in [-0.4, -0.2) is 52.5 Å². The summed E-state index contributed by atoms with van der Waals surface area (Å²) < 4.78 is 5.07. The molecule has 0 unspecified atom stereocenters. The van der Waals surface area contributed by atoms with Crippen molar-refractivity contribution in [2.75, 3.05) is 26.8 Å². The van der Waals surface area contributed by atoms with Crippen LogP contribution in [0.25, 0.3) is 0 Å². The molecule has 2 aromatic heterocycles. The molecule has 2 aliphatic heterocycles. The number of piperidine rings is 1. The van der Waals surface area contributed by atoms with Gasteiger partial charge in [0.1, 0.15) is 5.82 Å². The van der Waals surface area contributed by atoms with Crippen molar-refractivity contribution < 1.29 is 9.53 Å². The van der Waals surface area contributed by atoms with Crippen LogP contribution in [-0.2, 0) is 29.0 Å². The molecule has 1 amide bonds. The van der Waals surface area contributed by atoms with Gasteiger partial charge in [-0.2, -0.15) is 0 Å². The minimum absolute atomic E-state index is 0.0457. The average molecular weight is 417 g/mol. The molecule has 29 heavy (non-hydrogen) atoms. The molecule has 1 N–H and O–H groups in total. The van der Waals surface area contributed by atoms with Crippen LogP contribution < -0.4 is 5.56 Å². The predicted molar refractivity (Wildman–Crippen MR) is 112 cm³/mol. The zero-order valence-electron chi connectivity index (χ0n) is 16.9. The number of hydrogen-bond donors (Lipinski definition) is 1. The second-order valence-electron chi connectivity index (χ2n) is 7.76. The zero-order valence-corrected chi connectivity index (χ0v) is 17.7. The summed E-state index contributed by atoms with van der Waals surface area (Å²) in [5, 5.41) is 2.09. The molecule has 2 aliphatic rings. The fourth-order valence-corrected chi connectivity index (χ4v) is 5.02. The van der Waals surface area contributed by atoms with Crippen LogP contribution in [0.3, 0.4) is 0 Å². The maximum Gasteiger partial charge on any atom is 0.254 e. The van der Waals surface area contributed by atoms with Gasteiger partial charge in [0, 0.05) is 43.7 Å². The smallest absolute Gasteiger partial charge is 0.254 e. The highest BCUT2D eigenvalue weighted by atomic mass is 32.1. The third-order valence-electron chi connectivity index (χ3n) is 5.79. The van der Waals surface area contributed by atoms with E-state index >= 15 is 0 Å². The molecule has 0 aromatic carbocycles. The summed E-state index contributed by atoms with van der Waals surface area (Å²) in [6.07, 6.45) is 3.92. The molecule has 4 heterocycles. The van der Waals surface area contributed by atoms with E-state index in [2.05, 4.69) is 27.4 Å². The van der Waals surface area contributed by atoms with Crippen molar-refractivity contribution in [3.63, 3.8) is 0 Å². The number of nitrogens with one attached hydrogen (secondary N) is 1. The normalized spacial score (nSPS) is 19.9. The van der Waals surface area contributed by atoms with Crippen molar-refractivity contribution in [2.45, 2.75) is 51.2 Å². The molecule has 2 aromatic rings. The number of likely N-dealkylation sites (tertiary alicyclic amines) is 1. The minimum Gasteiger partial charge on any atom is -0.384 e. The molecule has 0 spiro atoms. The minimum atomic E-state index is -0.154. The second-order valence-corrected chi connectivity index (χ2v) is 8.79. The van der Waals surface area contributed by atoms with Crippen molar-refractivity contribution in [2.24, 2.45) is 0 Å². The Morgan fingerprint density at radius 2 is 2.28 bits per heavy atom. The van der Waals surface area contributed by atoms with Gasteiger partial charge in [0.25, 0.3) is 5.56 Å². The lowest BCUT2D eigenvalue weighted by Gasteiger charge is -2.36. The Kier molecular flexibility index (Phi) is 6.42. The number of methoxy groups -OCH3 is 1. The molecule has 4 rings (SSSR count). The van der Waals surface area contributed by atoms with E-state index in [1.807, 2.05) is 4.90 Å². The number of carbonyl (C=O) groups is 1. The Labute approximate surface area is 174 Å². The highest BCUT2D eigenvalue weighted by Crippen LogP contribution is 2.30. The Hall–Kier alpha value is -2.03. The Morgan fingerprint density at radius 3 is 3.07 bits per heavy atom. The summed E-state index contributed by atoms with van der Waals surface area (Å²) in [6, 6.07) is 4.05. The van der Waals surface area contributed by atoms with Crippen LogP contribution >= 0.6 is 11.3 Å². The highest BCUT2D eigenvalue weighted by molar-refractivity contribution is 7.09. The van der Waals surface area contributed by atoms with Gasteiger partial charge in [-0.05, 0) is 37.1 Å². The number of rotatable bonds is 6. The lowest BCUT2D eigenvalue weighted by atomic mass is 9.99. The molecular weight excluding hydrogens is 388 g/mol. The summed E-state index contributed by atoms with van der Waals surface area (Å²) in [7, 11) is 1.60. The maximum absolute atomic E-state index is 12.8. The highest BCUT2D eigenvalue weighted by Gasteiger charge is 2.31. The molecule has 0 aliphatic carbocycles. The summed E-state index contributed by atoms with van der Waals surface area (Å²) in [6.45, 7) is 3.53. The van der Waals surface area contributed by atoms with Gasteiger partial charge in [-0.25, -0.2) is 4.98 Å². The fourth-order valence-electron chi connectivity index (χ4n) is 4.28. The van der Waals surface area contributed by atoms with E-state index in [-0.39, 0.29) is 17.5 Å². The number of aromatic amines is 1. The lowest BCUT2D eigenvalue weighted by Crippen LogP contribution is -2.41. The number of thiophene rings is 1. The zero-order chi connectivity index (χ0) is 20.2. The summed E-state index contributed by atoms with van der Waals surface area (Å²) in [4.78, 5) is 38.8. The van der Waals surface area contributed by atoms with Crippen molar-refractivity contribution in [1.29, 1.82) is 0 Å². The monoisotopic (exact) mass is 416 g/mol. The topological polar surface area (TPSA) is 78.5 Å². The van der Waals surface area contributed by atoms with Crippen molar-refractivity contribution in [1.82, 2.24) is 19.8 Å². The molecule has 1 atom stereocenters. The van der Waals surface area contributed by atoms with Crippen LogP contribution in [0.2, 0.25) is 0 Å². The maximum atomic E-state index is 12.8. The van der Waals surface area contributed by atoms with E-state index in [4.69, 9.17) is 9.72 Å². The first-order chi connectivity index (χ1) is 14.2. The number of nitrogens with zero attached hydrogens (tertiary/aromatic N) is 3. The molecule has 0 saturated carbocycles. The van der Waals surface area contributed by atoms with Crippen LogP contribution in [0, 0.1) is 0 Å². The molecule has 0 radical (unpaired) electrons. The van der Waals surface area contributed by atoms with Crippen molar-refractivity contribution in [3.05, 3.63) is 49.8 Å². The third-order valence-corrected chi connectivity index (χ3v) is 6.65. The molecule has 8 heteroatoms. The summed E-state index contributed by atoms with van der Waals surface area (Å²) in [5.74, 6) is 0.702. The first-order valence-corrected chi connectivity index (χ1v) is 11.2. The number of ether oxygens (including phenoxy) is 1. The van der Waals surface area contributed by atoms with E-state index in [9.17, 15) is 9.59 Å². The van der Waals surface area contributed by atoms with E-state index in [1.54, 1.807) is 18.4 Å².